The van der Waals surface area contributed by atoms with Gasteiger partial charge in [0.25, 0.3) is 0 Å². The third kappa shape index (κ3) is 2.68. The van der Waals surface area contributed by atoms with Crippen molar-refractivity contribution in [1.82, 2.24) is 9.55 Å². The van der Waals surface area contributed by atoms with E-state index < -0.39 is 0 Å². The monoisotopic (exact) mass is 319 g/mol. The van der Waals surface area contributed by atoms with Crippen LogP contribution in [0.3, 0.4) is 0 Å². The maximum absolute atomic E-state index is 4.93. The van der Waals surface area contributed by atoms with Gasteiger partial charge in [0.15, 0.2) is 0 Å². The maximum atomic E-state index is 4.93. The Labute approximate surface area is 143 Å². The largest absolute Gasteiger partial charge is 0.364 e. The second-order valence-electron chi connectivity index (χ2n) is 6.70. The van der Waals surface area contributed by atoms with Gasteiger partial charge in [-0.05, 0) is 37.1 Å². The van der Waals surface area contributed by atoms with Crippen LogP contribution in [0.15, 0.2) is 48.5 Å². The Hall–Kier alpha value is -2.29. The Morgan fingerprint density at radius 2 is 1.75 bits per heavy atom. The molecule has 0 amide bonds. The highest BCUT2D eigenvalue weighted by molar-refractivity contribution is 5.86. The summed E-state index contributed by atoms with van der Waals surface area (Å²) in [6.07, 6.45) is 8.00. The minimum atomic E-state index is 0.295. The topological polar surface area (TPSA) is 29.9 Å². The predicted octanol–water partition coefficient (Wildman–Crippen LogP) is 5.99. The number of nitrogens with one attached hydrogen (secondary N) is 1. The summed E-state index contributed by atoms with van der Waals surface area (Å²) in [6.45, 7) is 2.27. The molecule has 0 fully saturated rings. The van der Waals surface area contributed by atoms with Crippen LogP contribution in [0.1, 0.15) is 51.6 Å². The van der Waals surface area contributed by atoms with Crippen molar-refractivity contribution in [3.63, 3.8) is 0 Å². The van der Waals surface area contributed by atoms with E-state index in [1.807, 2.05) is 0 Å². The zero-order valence-corrected chi connectivity index (χ0v) is 14.3. The SMILES string of the molecule is CCCCCCCC1Nc2ccccc2-c2nc3ccccc3n21. The fraction of sp³-hybridized carbons (Fsp3) is 0.381. The van der Waals surface area contributed by atoms with Crippen LogP contribution in [0.25, 0.3) is 22.4 Å². The van der Waals surface area contributed by atoms with Gasteiger partial charge in [0.2, 0.25) is 0 Å². The van der Waals surface area contributed by atoms with Crippen molar-refractivity contribution in [2.24, 2.45) is 0 Å². The number of unbranched alkanes of at least 4 members (excludes halogenated alkanes) is 4. The third-order valence-electron chi connectivity index (χ3n) is 4.98. The molecule has 0 saturated carbocycles. The quantitative estimate of drug-likeness (QED) is 0.566. The van der Waals surface area contributed by atoms with Gasteiger partial charge in [-0.3, -0.25) is 0 Å². The minimum absolute atomic E-state index is 0.295. The lowest BCUT2D eigenvalue weighted by Gasteiger charge is -2.30. The van der Waals surface area contributed by atoms with Crippen molar-refractivity contribution < 1.29 is 0 Å². The molecule has 3 nitrogen and oxygen atoms in total. The van der Waals surface area contributed by atoms with Crippen LogP contribution in [0.5, 0.6) is 0 Å². The molecule has 1 aliphatic heterocycles. The Kier molecular flexibility index (Phi) is 4.24. The summed E-state index contributed by atoms with van der Waals surface area (Å²) in [6, 6.07) is 17.0. The number of fused-ring (bicyclic) bond motifs is 5. The molecule has 3 heteroatoms. The molecule has 1 aromatic heterocycles. The average molecular weight is 319 g/mol. The number of para-hydroxylation sites is 3. The van der Waals surface area contributed by atoms with Gasteiger partial charge in [0.05, 0.1) is 11.0 Å². The summed E-state index contributed by atoms with van der Waals surface area (Å²) >= 11 is 0. The van der Waals surface area contributed by atoms with Crippen molar-refractivity contribution in [3.8, 4) is 11.4 Å². The lowest BCUT2D eigenvalue weighted by molar-refractivity contribution is 0.487. The second kappa shape index (κ2) is 6.68. The van der Waals surface area contributed by atoms with Gasteiger partial charge >= 0.3 is 0 Å². The van der Waals surface area contributed by atoms with Gasteiger partial charge in [-0.1, -0.05) is 56.9 Å². The first-order valence-corrected chi connectivity index (χ1v) is 9.21. The van der Waals surface area contributed by atoms with E-state index in [2.05, 4.69) is 65.3 Å². The third-order valence-corrected chi connectivity index (χ3v) is 4.98. The van der Waals surface area contributed by atoms with Crippen LogP contribution in [0.2, 0.25) is 0 Å². The first-order chi connectivity index (χ1) is 11.9. The van der Waals surface area contributed by atoms with E-state index in [0.717, 1.165) is 17.8 Å². The second-order valence-corrected chi connectivity index (χ2v) is 6.70. The van der Waals surface area contributed by atoms with E-state index >= 15 is 0 Å². The molecule has 3 aromatic rings. The van der Waals surface area contributed by atoms with Crippen LogP contribution < -0.4 is 5.32 Å². The average Bonchev–Trinajstić information content (AvgIpc) is 3.01. The van der Waals surface area contributed by atoms with Crippen LogP contribution in [-0.4, -0.2) is 9.55 Å². The Balaban J connectivity index is 1.68. The summed E-state index contributed by atoms with van der Waals surface area (Å²) in [5.41, 5.74) is 4.73. The number of imidazole rings is 1. The summed E-state index contributed by atoms with van der Waals surface area (Å²) in [4.78, 5) is 4.93. The first kappa shape index (κ1) is 15.3. The lowest BCUT2D eigenvalue weighted by atomic mass is 10.1. The highest BCUT2D eigenvalue weighted by Gasteiger charge is 2.26. The minimum Gasteiger partial charge on any atom is -0.364 e. The lowest BCUT2D eigenvalue weighted by Crippen LogP contribution is -2.23. The summed E-state index contributed by atoms with van der Waals surface area (Å²) in [7, 11) is 0. The van der Waals surface area contributed by atoms with Crippen molar-refractivity contribution in [2.45, 2.75) is 51.6 Å². The van der Waals surface area contributed by atoms with E-state index in [1.54, 1.807) is 0 Å². The van der Waals surface area contributed by atoms with Crippen LogP contribution in [-0.2, 0) is 0 Å². The number of rotatable bonds is 6. The molecule has 24 heavy (non-hydrogen) atoms. The molecule has 0 aliphatic carbocycles. The van der Waals surface area contributed by atoms with E-state index in [4.69, 9.17) is 4.98 Å². The molecule has 2 aromatic carbocycles. The van der Waals surface area contributed by atoms with E-state index in [0.29, 0.717) is 6.17 Å². The van der Waals surface area contributed by atoms with E-state index in [9.17, 15) is 0 Å². The molecule has 124 valence electrons. The molecular formula is C21H25N3. The molecule has 4 rings (SSSR count). The molecule has 1 unspecified atom stereocenters. The van der Waals surface area contributed by atoms with Crippen molar-refractivity contribution in [2.75, 3.05) is 5.32 Å². The summed E-state index contributed by atoms with van der Waals surface area (Å²) in [5.74, 6) is 1.10. The van der Waals surface area contributed by atoms with Gasteiger partial charge in [0, 0.05) is 11.3 Å². The fourth-order valence-corrected chi connectivity index (χ4v) is 3.74. The van der Waals surface area contributed by atoms with Crippen molar-refractivity contribution >= 4 is 16.7 Å². The molecule has 1 aliphatic rings. The molecule has 1 atom stereocenters. The number of nitrogens with zero attached hydrogens (tertiary/aromatic N) is 2. The van der Waals surface area contributed by atoms with E-state index in [1.165, 1.54) is 48.9 Å². The van der Waals surface area contributed by atoms with Gasteiger partial charge < -0.3 is 9.88 Å². The standard InChI is InChI=1S/C21H25N3/c1-2-3-4-5-6-15-20-22-17-12-8-7-11-16(17)21-23-18-13-9-10-14-19(18)24(20)21/h7-14,20,22H,2-6,15H2,1H3. The summed E-state index contributed by atoms with van der Waals surface area (Å²) in [5, 5.41) is 3.75. The van der Waals surface area contributed by atoms with Crippen molar-refractivity contribution in [1.29, 1.82) is 0 Å². The zero-order chi connectivity index (χ0) is 16.4. The van der Waals surface area contributed by atoms with Crippen LogP contribution in [0.4, 0.5) is 5.69 Å². The van der Waals surface area contributed by atoms with Gasteiger partial charge in [0.1, 0.15) is 12.0 Å². The molecule has 0 spiro atoms. The number of benzene rings is 2. The smallest absolute Gasteiger partial charge is 0.144 e. The number of hydrogen-bond donors (Lipinski definition) is 1. The van der Waals surface area contributed by atoms with Gasteiger partial charge in [-0.15, -0.1) is 0 Å². The van der Waals surface area contributed by atoms with E-state index in [-0.39, 0.29) is 0 Å². The zero-order valence-electron chi connectivity index (χ0n) is 14.3. The first-order valence-electron chi connectivity index (χ1n) is 9.21. The normalized spacial score (nSPS) is 15.8. The molecule has 1 N–H and O–H groups in total. The maximum Gasteiger partial charge on any atom is 0.144 e. The Bertz CT molecular complexity index is 834. The van der Waals surface area contributed by atoms with Gasteiger partial charge in [-0.25, -0.2) is 4.98 Å². The number of hydrogen-bond acceptors (Lipinski definition) is 2. The molecule has 2 heterocycles. The predicted molar refractivity (Wildman–Crippen MR) is 101 cm³/mol. The van der Waals surface area contributed by atoms with Crippen LogP contribution >= 0.6 is 0 Å². The Morgan fingerprint density at radius 3 is 2.67 bits per heavy atom. The van der Waals surface area contributed by atoms with Crippen molar-refractivity contribution in [3.05, 3.63) is 48.5 Å². The molecular weight excluding hydrogens is 294 g/mol. The Morgan fingerprint density at radius 1 is 0.958 bits per heavy atom. The highest BCUT2D eigenvalue weighted by atomic mass is 15.2. The number of anilines is 1. The molecule has 0 saturated heterocycles. The van der Waals surface area contributed by atoms with Gasteiger partial charge in [-0.2, -0.15) is 0 Å². The summed E-state index contributed by atoms with van der Waals surface area (Å²) < 4.78 is 2.40. The molecule has 0 radical (unpaired) electrons. The molecule has 0 bridgehead atoms. The fourth-order valence-electron chi connectivity index (χ4n) is 3.74. The highest BCUT2D eigenvalue weighted by Crippen LogP contribution is 2.39. The van der Waals surface area contributed by atoms with Crippen LogP contribution in [0, 0.1) is 0 Å². The number of aromatic nitrogens is 2.